The average Bonchev–Trinajstić information content (AvgIpc) is 3.09. The van der Waals surface area contributed by atoms with E-state index in [-0.39, 0.29) is 0 Å². The zero-order chi connectivity index (χ0) is 19.3. The van der Waals surface area contributed by atoms with Crippen molar-refractivity contribution in [2.75, 3.05) is 0 Å². The van der Waals surface area contributed by atoms with Crippen LogP contribution in [0.1, 0.15) is 16.7 Å². The second-order valence-electron chi connectivity index (χ2n) is 7.54. The molecule has 28 heavy (non-hydrogen) atoms. The number of hydrogen-bond donors (Lipinski definition) is 0. The fourth-order valence-corrected chi connectivity index (χ4v) is 4.36. The van der Waals surface area contributed by atoms with Crippen LogP contribution in [-0.4, -0.2) is 9.55 Å². The lowest BCUT2D eigenvalue weighted by Gasteiger charge is -2.16. The molecule has 0 saturated carbocycles. The molecule has 2 heteroatoms. The number of benzene rings is 2. The largest absolute Gasteiger partial charge is 0.293 e. The molecule has 1 aliphatic heterocycles. The van der Waals surface area contributed by atoms with Gasteiger partial charge in [-0.1, -0.05) is 72.3 Å². The van der Waals surface area contributed by atoms with Gasteiger partial charge in [-0.05, 0) is 49.6 Å². The fraction of sp³-hybridized carbons (Fsp3) is 0.115. The van der Waals surface area contributed by atoms with Gasteiger partial charge >= 0.3 is 0 Å². The SMILES string of the molecule is Cc1cc(C)c(-n2c(-c3ccccc3)cc3c4cccccc-4nc32)c(C)c1. The van der Waals surface area contributed by atoms with E-state index in [1.165, 1.54) is 44.6 Å². The Kier molecular flexibility index (Phi) is 3.80. The van der Waals surface area contributed by atoms with Crippen LogP contribution in [0.25, 0.3) is 39.2 Å². The van der Waals surface area contributed by atoms with Gasteiger partial charge in [-0.25, -0.2) is 4.98 Å². The quantitative estimate of drug-likeness (QED) is 0.341. The lowest BCUT2D eigenvalue weighted by atomic mass is 10.0. The molecule has 0 saturated heterocycles. The molecule has 1 aromatic heterocycles. The van der Waals surface area contributed by atoms with Gasteiger partial charge in [0.1, 0.15) is 5.65 Å². The van der Waals surface area contributed by atoms with Crippen molar-refractivity contribution in [3.05, 3.63) is 95.6 Å². The normalized spacial score (nSPS) is 11.4. The minimum Gasteiger partial charge on any atom is -0.293 e. The van der Waals surface area contributed by atoms with Crippen LogP contribution in [0.5, 0.6) is 0 Å². The fourth-order valence-electron chi connectivity index (χ4n) is 4.36. The molecule has 5 rings (SSSR count). The van der Waals surface area contributed by atoms with Crippen LogP contribution in [0, 0.1) is 20.8 Å². The predicted octanol–water partition coefficient (Wildman–Crippen LogP) is 6.72. The first-order valence-corrected chi connectivity index (χ1v) is 9.67. The zero-order valence-electron chi connectivity index (χ0n) is 16.4. The van der Waals surface area contributed by atoms with Crippen molar-refractivity contribution in [1.82, 2.24) is 9.55 Å². The van der Waals surface area contributed by atoms with Gasteiger partial charge in [0.05, 0.1) is 17.1 Å². The Hall–Kier alpha value is -3.39. The summed E-state index contributed by atoms with van der Waals surface area (Å²) in [5.41, 5.74) is 10.7. The van der Waals surface area contributed by atoms with Gasteiger partial charge in [-0.3, -0.25) is 4.57 Å². The van der Waals surface area contributed by atoms with Crippen molar-refractivity contribution in [3.8, 4) is 28.2 Å². The first-order valence-electron chi connectivity index (χ1n) is 9.67. The van der Waals surface area contributed by atoms with Crippen LogP contribution < -0.4 is 0 Å². The van der Waals surface area contributed by atoms with Crippen LogP contribution in [-0.2, 0) is 0 Å². The maximum absolute atomic E-state index is 5.05. The monoisotopic (exact) mass is 362 g/mol. The van der Waals surface area contributed by atoms with Gasteiger partial charge in [-0.2, -0.15) is 0 Å². The molecule has 0 unspecified atom stereocenters. The van der Waals surface area contributed by atoms with Gasteiger partial charge in [0.15, 0.2) is 0 Å². The van der Waals surface area contributed by atoms with E-state index in [1.54, 1.807) is 0 Å². The summed E-state index contributed by atoms with van der Waals surface area (Å²) in [6, 6.07) is 27.9. The lowest BCUT2D eigenvalue weighted by molar-refractivity contribution is 1.06. The summed E-state index contributed by atoms with van der Waals surface area (Å²) < 4.78 is 2.34. The Balaban J connectivity index is 1.94. The molecule has 2 aliphatic rings. The molecule has 2 heterocycles. The summed E-state index contributed by atoms with van der Waals surface area (Å²) in [5, 5.41) is 1.20. The van der Waals surface area contributed by atoms with Gasteiger partial charge in [0, 0.05) is 10.9 Å². The standard InChI is InChI=1S/C26H22N2/c1-17-14-18(2)25(19(3)15-17)28-24(20-10-6-4-7-11-20)16-22-21-12-8-5-9-13-23(21)27-26(22)28/h4-16H,1-3H3. The molecule has 3 aromatic rings. The smallest absolute Gasteiger partial charge is 0.146 e. The van der Waals surface area contributed by atoms with E-state index in [0.717, 1.165) is 11.3 Å². The molecule has 2 nitrogen and oxygen atoms in total. The highest BCUT2D eigenvalue weighted by Gasteiger charge is 2.21. The molecule has 0 N–H and O–H groups in total. The molecule has 2 aromatic carbocycles. The maximum atomic E-state index is 5.05. The molecule has 0 bridgehead atoms. The van der Waals surface area contributed by atoms with Gasteiger partial charge in [-0.15, -0.1) is 0 Å². The minimum atomic E-state index is 1.02. The molecule has 0 spiro atoms. The van der Waals surface area contributed by atoms with E-state index in [1.807, 2.05) is 0 Å². The Morgan fingerprint density at radius 3 is 2.07 bits per heavy atom. The summed E-state index contributed by atoms with van der Waals surface area (Å²) in [6.07, 6.45) is 0. The third-order valence-corrected chi connectivity index (χ3v) is 5.43. The van der Waals surface area contributed by atoms with Gasteiger partial charge in [0.2, 0.25) is 0 Å². The molecule has 136 valence electrons. The molecule has 0 fully saturated rings. The van der Waals surface area contributed by atoms with Crippen molar-refractivity contribution in [2.24, 2.45) is 0 Å². The molecular weight excluding hydrogens is 340 g/mol. The van der Waals surface area contributed by atoms with E-state index in [9.17, 15) is 0 Å². The van der Waals surface area contributed by atoms with E-state index < -0.39 is 0 Å². The Bertz CT molecular complexity index is 1260. The number of aromatic nitrogens is 2. The summed E-state index contributed by atoms with van der Waals surface area (Å²) in [7, 11) is 0. The van der Waals surface area contributed by atoms with Crippen LogP contribution in [0.2, 0.25) is 0 Å². The van der Waals surface area contributed by atoms with E-state index in [0.29, 0.717) is 0 Å². The third-order valence-electron chi connectivity index (χ3n) is 5.43. The van der Waals surface area contributed by atoms with Crippen LogP contribution in [0.3, 0.4) is 0 Å². The second kappa shape index (κ2) is 6.35. The number of hydrogen-bond acceptors (Lipinski definition) is 1. The Labute approximate surface area is 165 Å². The van der Waals surface area contributed by atoms with Crippen molar-refractivity contribution in [3.63, 3.8) is 0 Å². The van der Waals surface area contributed by atoms with Crippen molar-refractivity contribution in [1.29, 1.82) is 0 Å². The highest BCUT2D eigenvalue weighted by molar-refractivity contribution is 6.00. The average molecular weight is 362 g/mol. The number of nitrogens with zero attached hydrogens (tertiary/aromatic N) is 2. The van der Waals surface area contributed by atoms with E-state index in [2.05, 4.69) is 104 Å². The summed E-state index contributed by atoms with van der Waals surface area (Å²) >= 11 is 0. The number of aryl methyl sites for hydroxylation is 3. The lowest BCUT2D eigenvalue weighted by Crippen LogP contribution is -2.03. The highest BCUT2D eigenvalue weighted by atomic mass is 15.1. The van der Waals surface area contributed by atoms with Gasteiger partial charge in [0.25, 0.3) is 0 Å². The number of rotatable bonds is 2. The number of fused-ring (bicyclic) bond motifs is 3. The summed E-state index contributed by atoms with van der Waals surface area (Å²) in [5.74, 6) is 0. The topological polar surface area (TPSA) is 17.8 Å². The molecular formula is C26H22N2. The molecule has 0 radical (unpaired) electrons. The van der Waals surface area contributed by atoms with E-state index >= 15 is 0 Å². The van der Waals surface area contributed by atoms with Crippen molar-refractivity contribution in [2.45, 2.75) is 20.8 Å². The first kappa shape index (κ1) is 16.8. The van der Waals surface area contributed by atoms with Crippen LogP contribution >= 0.6 is 0 Å². The van der Waals surface area contributed by atoms with Crippen LogP contribution in [0.15, 0.2) is 78.9 Å². The Morgan fingerprint density at radius 1 is 0.714 bits per heavy atom. The van der Waals surface area contributed by atoms with Crippen molar-refractivity contribution >= 4 is 11.0 Å². The van der Waals surface area contributed by atoms with E-state index in [4.69, 9.17) is 4.98 Å². The third kappa shape index (κ3) is 2.53. The van der Waals surface area contributed by atoms with Crippen molar-refractivity contribution < 1.29 is 0 Å². The molecule has 0 amide bonds. The molecule has 1 aliphatic carbocycles. The summed E-state index contributed by atoms with van der Waals surface area (Å²) in [6.45, 7) is 6.54. The maximum Gasteiger partial charge on any atom is 0.146 e. The zero-order valence-corrected chi connectivity index (χ0v) is 16.4. The van der Waals surface area contributed by atoms with Gasteiger partial charge < -0.3 is 0 Å². The van der Waals surface area contributed by atoms with Crippen LogP contribution in [0.4, 0.5) is 0 Å². The summed E-state index contributed by atoms with van der Waals surface area (Å²) in [4.78, 5) is 5.05. The highest BCUT2D eigenvalue weighted by Crippen LogP contribution is 2.39. The minimum absolute atomic E-state index is 1.02. The Morgan fingerprint density at radius 2 is 1.36 bits per heavy atom. The first-order chi connectivity index (χ1) is 13.6. The second-order valence-corrected chi connectivity index (χ2v) is 7.54. The predicted molar refractivity (Wildman–Crippen MR) is 117 cm³/mol. The molecule has 0 atom stereocenters.